The van der Waals surface area contributed by atoms with Crippen molar-refractivity contribution in [2.45, 2.75) is 6.36 Å². The first-order valence-corrected chi connectivity index (χ1v) is 7.37. The van der Waals surface area contributed by atoms with Crippen LogP contribution in [-0.2, 0) is 4.79 Å². The van der Waals surface area contributed by atoms with Crippen LogP contribution in [0.2, 0.25) is 0 Å². The molecule has 0 saturated carbocycles. The third-order valence-electron chi connectivity index (χ3n) is 3.21. The van der Waals surface area contributed by atoms with E-state index in [0.717, 1.165) is 12.1 Å². The molecule has 26 heavy (non-hydrogen) atoms. The highest BCUT2D eigenvalue weighted by Gasteiger charge is 2.30. The van der Waals surface area contributed by atoms with Crippen LogP contribution in [-0.4, -0.2) is 26.5 Å². The quantitative estimate of drug-likeness (QED) is 0.776. The lowest BCUT2D eigenvalue weighted by Crippen LogP contribution is -2.17. The molecule has 0 radical (unpaired) electrons. The molecule has 0 spiro atoms. The van der Waals surface area contributed by atoms with Gasteiger partial charge in [-0.2, -0.15) is 0 Å². The number of carbonyl (C=O) groups is 1. The number of hydrogen-bond donors (Lipinski definition) is 1. The number of nitrogens with one attached hydrogen (secondary N) is 1. The summed E-state index contributed by atoms with van der Waals surface area (Å²) < 4.78 is 50.4. The van der Waals surface area contributed by atoms with Crippen LogP contribution in [0.25, 0.3) is 6.08 Å². The second-order valence-corrected chi connectivity index (χ2v) is 5.00. The van der Waals surface area contributed by atoms with Crippen molar-refractivity contribution >= 4 is 17.7 Å². The first-order chi connectivity index (χ1) is 12.3. The molecule has 138 valence electrons. The zero-order valence-electron chi connectivity index (χ0n) is 14.0. The Bertz CT molecular complexity index is 786. The summed E-state index contributed by atoms with van der Waals surface area (Å²) in [5.41, 5.74) is 0.961. The summed E-state index contributed by atoms with van der Waals surface area (Å²) in [6, 6.07) is 9.95. The minimum absolute atomic E-state index is 0.326. The zero-order chi connectivity index (χ0) is 19.2. The van der Waals surface area contributed by atoms with Gasteiger partial charge < -0.3 is 19.5 Å². The fourth-order valence-corrected chi connectivity index (χ4v) is 2.06. The summed E-state index contributed by atoms with van der Waals surface area (Å²) in [7, 11) is 3.03. The molecule has 0 aromatic heterocycles. The smallest absolute Gasteiger partial charge is 0.497 e. The Morgan fingerprint density at radius 1 is 1.00 bits per heavy atom. The number of rotatable bonds is 6. The molecule has 1 amide bonds. The van der Waals surface area contributed by atoms with Gasteiger partial charge in [-0.15, -0.1) is 13.2 Å². The second kappa shape index (κ2) is 8.28. The van der Waals surface area contributed by atoms with Crippen LogP contribution in [0.3, 0.4) is 0 Å². The molecule has 2 rings (SSSR count). The highest BCUT2D eigenvalue weighted by Crippen LogP contribution is 2.26. The van der Waals surface area contributed by atoms with Gasteiger partial charge in [0.1, 0.15) is 17.2 Å². The molecule has 0 aliphatic heterocycles. The summed E-state index contributed by atoms with van der Waals surface area (Å²) in [5, 5.41) is 2.53. The van der Waals surface area contributed by atoms with Crippen molar-refractivity contribution in [1.29, 1.82) is 0 Å². The maximum Gasteiger partial charge on any atom is 0.573 e. The Morgan fingerprint density at radius 2 is 1.65 bits per heavy atom. The summed E-state index contributed by atoms with van der Waals surface area (Å²) in [4.78, 5) is 12.0. The first-order valence-electron chi connectivity index (χ1n) is 7.37. The number of halogens is 3. The molecule has 5 nitrogen and oxygen atoms in total. The zero-order valence-corrected chi connectivity index (χ0v) is 14.0. The summed E-state index contributed by atoms with van der Waals surface area (Å²) >= 11 is 0. The number of anilines is 1. The highest BCUT2D eigenvalue weighted by molar-refractivity contribution is 6.02. The van der Waals surface area contributed by atoms with Gasteiger partial charge in [0.15, 0.2) is 0 Å². The number of methoxy groups -OCH3 is 2. The van der Waals surface area contributed by atoms with Crippen molar-refractivity contribution in [2.24, 2.45) is 0 Å². The first kappa shape index (κ1) is 19.2. The number of amides is 1. The molecule has 0 heterocycles. The van der Waals surface area contributed by atoms with E-state index in [9.17, 15) is 18.0 Å². The molecule has 8 heteroatoms. The van der Waals surface area contributed by atoms with Crippen molar-refractivity contribution < 1.29 is 32.2 Å². The molecule has 0 saturated heterocycles. The lowest BCUT2D eigenvalue weighted by atomic mass is 10.1. The van der Waals surface area contributed by atoms with Crippen LogP contribution in [0.15, 0.2) is 48.5 Å². The second-order valence-electron chi connectivity index (χ2n) is 5.00. The van der Waals surface area contributed by atoms with Crippen LogP contribution < -0.4 is 19.5 Å². The fraction of sp³-hybridized carbons (Fsp3) is 0.167. The van der Waals surface area contributed by atoms with Gasteiger partial charge >= 0.3 is 6.36 Å². The predicted octanol–water partition coefficient (Wildman–Crippen LogP) is 4.25. The monoisotopic (exact) mass is 367 g/mol. The number of alkyl halides is 3. The molecule has 0 aliphatic rings. The Balaban J connectivity index is 2.03. The minimum Gasteiger partial charge on any atom is -0.497 e. The molecule has 0 bridgehead atoms. The van der Waals surface area contributed by atoms with Crippen molar-refractivity contribution in [3.05, 3.63) is 54.1 Å². The summed E-state index contributed by atoms with van der Waals surface area (Å²) in [6.45, 7) is 0. The Hall–Kier alpha value is -3.16. The normalized spacial score (nSPS) is 11.3. The topological polar surface area (TPSA) is 56.8 Å². The molecule has 0 unspecified atom stereocenters. The van der Waals surface area contributed by atoms with E-state index in [1.54, 1.807) is 18.2 Å². The third-order valence-corrected chi connectivity index (χ3v) is 3.21. The molecular weight excluding hydrogens is 351 g/mol. The van der Waals surface area contributed by atoms with Gasteiger partial charge in [0, 0.05) is 17.3 Å². The van der Waals surface area contributed by atoms with Crippen molar-refractivity contribution in [3.8, 4) is 17.2 Å². The Labute approximate surface area is 148 Å². The maximum atomic E-state index is 12.1. The summed E-state index contributed by atoms with van der Waals surface area (Å²) in [6.07, 6.45) is -1.95. The van der Waals surface area contributed by atoms with E-state index < -0.39 is 12.3 Å². The van der Waals surface area contributed by atoms with Gasteiger partial charge in [0.05, 0.1) is 14.2 Å². The van der Waals surface area contributed by atoms with Gasteiger partial charge in [0.25, 0.3) is 0 Å². The van der Waals surface area contributed by atoms with E-state index in [2.05, 4.69) is 10.1 Å². The minimum atomic E-state index is -4.76. The number of ether oxygens (including phenoxy) is 3. The number of carbonyl (C=O) groups excluding carboxylic acids is 1. The lowest BCUT2D eigenvalue weighted by molar-refractivity contribution is -0.274. The van der Waals surface area contributed by atoms with E-state index in [1.807, 2.05) is 0 Å². The molecule has 0 fully saturated rings. The maximum absolute atomic E-state index is 12.1. The van der Waals surface area contributed by atoms with E-state index in [1.165, 1.54) is 38.5 Å². The van der Waals surface area contributed by atoms with E-state index in [-0.39, 0.29) is 5.75 Å². The molecule has 2 aromatic carbocycles. The van der Waals surface area contributed by atoms with Gasteiger partial charge in [-0.3, -0.25) is 4.79 Å². The largest absolute Gasteiger partial charge is 0.573 e. The highest BCUT2D eigenvalue weighted by atomic mass is 19.4. The average Bonchev–Trinajstić information content (AvgIpc) is 2.60. The fourth-order valence-electron chi connectivity index (χ4n) is 2.06. The van der Waals surface area contributed by atoms with Crippen molar-refractivity contribution in [1.82, 2.24) is 0 Å². The van der Waals surface area contributed by atoms with E-state index >= 15 is 0 Å². The molecule has 2 aromatic rings. The molecular formula is C18H16F3NO4. The molecule has 0 aliphatic carbocycles. The van der Waals surface area contributed by atoms with E-state index in [0.29, 0.717) is 22.7 Å². The summed E-state index contributed by atoms with van der Waals surface area (Å²) in [5.74, 6) is 0.334. The third kappa shape index (κ3) is 5.73. The van der Waals surface area contributed by atoms with Gasteiger partial charge in [0.2, 0.25) is 5.91 Å². The van der Waals surface area contributed by atoms with Gasteiger partial charge in [-0.25, -0.2) is 0 Å². The van der Waals surface area contributed by atoms with E-state index in [4.69, 9.17) is 9.47 Å². The predicted molar refractivity (Wildman–Crippen MR) is 90.3 cm³/mol. The number of benzene rings is 2. The molecule has 0 atom stereocenters. The number of hydrogen-bond acceptors (Lipinski definition) is 4. The van der Waals surface area contributed by atoms with Crippen LogP contribution in [0.1, 0.15) is 5.56 Å². The van der Waals surface area contributed by atoms with Crippen LogP contribution in [0, 0.1) is 0 Å². The van der Waals surface area contributed by atoms with Gasteiger partial charge in [-0.05, 0) is 48.5 Å². The van der Waals surface area contributed by atoms with Crippen molar-refractivity contribution in [2.75, 3.05) is 19.5 Å². The Morgan fingerprint density at radius 3 is 2.23 bits per heavy atom. The van der Waals surface area contributed by atoms with Crippen LogP contribution in [0.4, 0.5) is 18.9 Å². The Kier molecular flexibility index (Phi) is 6.11. The van der Waals surface area contributed by atoms with Crippen LogP contribution >= 0.6 is 0 Å². The lowest BCUT2D eigenvalue weighted by Gasteiger charge is -2.09. The SMILES string of the molecule is COc1ccc(OC)c(C=CC(=O)Nc2ccc(OC(F)(F)F)cc2)c1. The average molecular weight is 367 g/mol. The standard InChI is InChI=1S/C18H16F3NO4/c1-24-15-8-9-16(25-2)12(11-15)3-10-17(23)22-13-4-6-14(7-5-13)26-18(19,20)21/h3-11H,1-2H3,(H,22,23). The van der Waals surface area contributed by atoms with Crippen LogP contribution in [0.5, 0.6) is 17.2 Å². The van der Waals surface area contributed by atoms with Gasteiger partial charge in [-0.1, -0.05) is 0 Å². The van der Waals surface area contributed by atoms with Crippen molar-refractivity contribution in [3.63, 3.8) is 0 Å². The molecule has 1 N–H and O–H groups in total.